The first-order valence-electron chi connectivity index (χ1n) is 10.9. The van der Waals surface area contributed by atoms with E-state index in [0.29, 0.717) is 25.7 Å². The Bertz CT molecular complexity index is 951. The van der Waals surface area contributed by atoms with Gasteiger partial charge in [-0.2, -0.15) is 0 Å². The summed E-state index contributed by atoms with van der Waals surface area (Å²) in [7, 11) is 0. The Morgan fingerprint density at radius 1 is 1.26 bits per heavy atom. The first-order chi connectivity index (χ1) is 14.7. The van der Waals surface area contributed by atoms with Gasteiger partial charge in [0.2, 0.25) is 0 Å². The van der Waals surface area contributed by atoms with Gasteiger partial charge in [-0.3, -0.25) is 4.79 Å². The SMILES string of the molecule is CC(=O)CC/C=C/C[C@H]1C(=O)C(C)(C)[C@@H](O)[C@@H]1/C=C/C(O)Cc1cc2ccccc2s1. The van der Waals surface area contributed by atoms with Gasteiger partial charge >= 0.3 is 0 Å². The second kappa shape index (κ2) is 10.0. The van der Waals surface area contributed by atoms with Crippen molar-refractivity contribution in [3.8, 4) is 0 Å². The lowest BCUT2D eigenvalue weighted by Gasteiger charge is -2.22. The van der Waals surface area contributed by atoms with E-state index >= 15 is 0 Å². The molecule has 4 atom stereocenters. The zero-order valence-corrected chi connectivity index (χ0v) is 19.3. The zero-order chi connectivity index (χ0) is 22.6. The molecule has 1 saturated carbocycles. The number of aliphatic hydroxyl groups excluding tert-OH is 2. The van der Waals surface area contributed by atoms with Crippen molar-refractivity contribution < 1.29 is 19.8 Å². The highest BCUT2D eigenvalue weighted by Crippen LogP contribution is 2.44. The molecule has 1 aliphatic carbocycles. The number of hydrogen-bond donors (Lipinski definition) is 2. The maximum Gasteiger partial charge on any atom is 0.145 e. The van der Waals surface area contributed by atoms with Crippen LogP contribution in [0.15, 0.2) is 54.6 Å². The Morgan fingerprint density at radius 3 is 2.71 bits per heavy atom. The molecule has 1 aromatic carbocycles. The van der Waals surface area contributed by atoms with Crippen LogP contribution in [0, 0.1) is 17.3 Å². The summed E-state index contributed by atoms with van der Waals surface area (Å²) < 4.78 is 1.20. The average molecular weight is 441 g/mol. The van der Waals surface area contributed by atoms with E-state index in [0.717, 1.165) is 4.88 Å². The molecule has 0 bridgehead atoms. The molecule has 0 radical (unpaired) electrons. The zero-order valence-electron chi connectivity index (χ0n) is 18.5. The molecule has 5 heteroatoms. The van der Waals surface area contributed by atoms with Crippen LogP contribution in [0.25, 0.3) is 10.1 Å². The molecule has 31 heavy (non-hydrogen) atoms. The molecule has 166 valence electrons. The molecule has 0 aliphatic heterocycles. The summed E-state index contributed by atoms with van der Waals surface area (Å²) in [5, 5.41) is 22.5. The van der Waals surface area contributed by atoms with Crippen molar-refractivity contribution in [2.45, 2.75) is 58.7 Å². The van der Waals surface area contributed by atoms with Crippen molar-refractivity contribution >= 4 is 33.0 Å². The number of Topliss-reactive ketones (excluding diaryl/α,β-unsaturated/α-hetero) is 2. The van der Waals surface area contributed by atoms with Gasteiger partial charge in [-0.1, -0.05) is 56.4 Å². The molecular formula is C26H32O4S. The number of ketones is 2. The summed E-state index contributed by atoms with van der Waals surface area (Å²) in [5.41, 5.74) is -0.816. The van der Waals surface area contributed by atoms with Gasteiger partial charge in [-0.05, 0) is 37.3 Å². The van der Waals surface area contributed by atoms with E-state index in [9.17, 15) is 19.8 Å². The highest BCUT2D eigenvalue weighted by atomic mass is 32.1. The number of carbonyl (C=O) groups excluding carboxylic acids is 2. The van der Waals surface area contributed by atoms with Crippen molar-refractivity contribution in [2.75, 3.05) is 0 Å². The second-order valence-electron chi connectivity index (χ2n) is 9.07. The minimum absolute atomic E-state index is 0.0462. The fourth-order valence-electron chi connectivity index (χ4n) is 4.32. The van der Waals surface area contributed by atoms with Crippen LogP contribution in [0.4, 0.5) is 0 Å². The molecule has 1 heterocycles. The van der Waals surface area contributed by atoms with E-state index < -0.39 is 17.6 Å². The highest BCUT2D eigenvalue weighted by Gasteiger charge is 2.52. The van der Waals surface area contributed by atoms with Crippen molar-refractivity contribution in [3.63, 3.8) is 0 Å². The van der Waals surface area contributed by atoms with Gasteiger partial charge in [-0.25, -0.2) is 0 Å². The fraction of sp³-hybridized carbons (Fsp3) is 0.462. The largest absolute Gasteiger partial charge is 0.391 e. The minimum atomic E-state index is -0.816. The number of rotatable bonds is 9. The van der Waals surface area contributed by atoms with Crippen molar-refractivity contribution in [2.24, 2.45) is 17.3 Å². The summed E-state index contributed by atoms with van der Waals surface area (Å²) in [6.45, 7) is 5.14. The number of hydrogen-bond acceptors (Lipinski definition) is 5. The van der Waals surface area contributed by atoms with Gasteiger partial charge in [0.1, 0.15) is 11.6 Å². The smallest absolute Gasteiger partial charge is 0.145 e. The average Bonchev–Trinajstić information content (AvgIpc) is 3.18. The molecule has 3 rings (SSSR count). The number of aliphatic hydroxyl groups is 2. The normalized spacial score (nSPS) is 24.5. The Labute approximate surface area is 188 Å². The van der Waals surface area contributed by atoms with Crippen LogP contribution in [0.1, 0.15) is 44.9 Å². The third-order valence-corrected chi connectivity index (χ3v) is 7.34. The van der Waals surface area contributed by atoms with E-state index in [1.54, 1.807) is 38.2 Å². The van der Waals surface area contributed by atoms with Crippen molar-refractivity contribution in [1.82, 2.24) is 0 Å². The van der Waals surface area contributed by atoms with Crippen molar-refractivity contribution in [1.29, 1.82) is 0 Å². The van der Waals surface area contributed by atoms with Gasteiger partial charge in [0.05, 0.1) is 17.6 Å². The van der Waals surface area contributed by atoms with Crippen LogP contribution < -0.4 is 0 Å². The number of carbonyl (C=O) groups is 2. The summed E-state index contributed by atoms with van der Waals surface area (Å²) >= 11 is 1.67. The molecule has 0 saturated heterocycles. The number of thiophene rings is 1. The molecule has 1 aromatic heterocycles. The van der Waals surface area contributed by atoms with E-state index in [1.807, 2.05) is 30.4 Å². The topological polar surface area (TPSA) is 74.6 Å². The maximum atomic E-state index is 12.9. The van der Waals surface area contributed by atoms with E-state index in [1.165, 1.54) is 10.1 Å². The van der Waals surface area contributed by atoms with Gasteiger partial charge in [-0.15, -0.1) is 11.3 Å². The lowest BCUT2D eigenvalue weighted by molar-refractivity contribution is -0.129. The molecule has 1 aliphatic rings. The molecule has 0 amide bonds. The third kappa shape index (κ3) is 5.59. The molecule has 0 spiro atoms. The first kappa shape index (κ1) is 23.6. The minimum Gasteiger partial charge on any atom is -0.391 e. The lowest BCUT2D eigenvalue weighted by atomic mass is 9.86. The first-order valence-corrected chi connectivity index (χ1v) is 11.7. The van der Waals surface area contributed by atoms with Crippen molar-refractivity contribution in [3.05, 3.63) is 59.5 Å². The van der Waals surface area contributed by atoms with Crippen LogP contribution in [-0.2, 0) is 16.0 Å². The van der Waals surface area contributed by atoms with Crippen LogP contribution in [0.5, 0.6) is 0 Å². The molecule has 4 nitrogen and oxygen atoms in total. The second-order valence-corrected chi connectivity index (χ2v) is 10.2. The quantitative estimate of drug-likeness (QED) is 0.545. The van der Waals surface area contributed by atoms with E-state index in [4.69, 9.17) is 0 Å². The maximum absolute atomic E-state index is 12.9. The Morgan fingerprint density at radius 2 is 2.00 bits per heavy atom. The highest BCUT2D eigenvalue weighted by molar-refractivity contribution is 7.19. The van der Waals surface area contributed by atoms with Gasteiger partial charge in [0.15, 0.2) is 0 Å². The Kier molecular flexibility index (Phi) is 7.63. The molecular weight excluding hydrogens is 408 g/mol. The molecule has 1 fully saturated rings. The number of allylic oxidation sites excluding steroid dienone is 2. The Balaban J connectivity index is 1.67. The standard InChI is InChI=1S/C26H32O4S/c1-17(27)9-5-4-6-11-21-22(25(30)26(2,3)24(21)29)14-13-19(28)16-20-15-18-10-7-8-12-23(18)31-20/h4,6-8,10,12-15,19,21-22,25,28,30H,5,9,11,16H2,1-3H3/b6-4+,14-13+/t19?,21-,22-,25+/m1/s1. The lowest BCUT2D eigenvalue weighted by Crippen LogP contribution is -2.31. The summed E-state index contributed by atoms with van der Waals surface area (Å²) in [6.07, 6.45) is 8.15. The summed E-state index contributed by atoms with van der Waals surface area (Å²) in [5.74, 6) is -0.472. The molecule has 2 N–H and O–H groups in total. The van der Waals surface area contributed by atoms with Crippen LogP contribution in [0.3, 0.4) is 0 Å². The van der Waals surface area contributed by atoms with Crippen LogP contribution >= 0.6 is 11.3 Å². The summed E-state index contributed by atoms with van der Waals surface area (Å²) in [6, 6.07) is 10.2. The summed E-state index contributed by atoms with van der Waals surface area (Å²) in [4.78, 5) is 25.1. The Hall–Kier alpha value is -2.08. The van der Waals surface area contributed by atoms with E-state index in [2.05, 4.69) is 18.2 Å². The molecule has 2 aromatic rings. The number of fused-ring (bicyclic) bond motifs is 1. The van der Waals surface area contributed by atoms with Gasteiger partial charge in [0.25, 0.3) is 0 Å². The third-order valence-electron chi connectivity index (χ3n) is 6.20. The van der Waals surface area contributed by atoms with Gasteiger partial charge in [0, 0.05) is 34.3 Å². The molecule has 1 unspecified atom stereocenters. The fourth-order valence-corrected chi connectivity index (χ4v) is 5.43. The van der Waals surface area contributed by atoms with Crippen LogP contribution in [-0.4, -0.2) is 34.0 Å². The van der Waals surface area contributed by atoms with Crippen LogP contribution in [0.2, 0.25) is 0 Å². The predicted molar refractivity (Wildman–Crippen MR) is 126 cm³/mol. The predicted octanol–water partition coefficient (Wildman–Crippen LogP) is 4.88. The monoisotopic (exact) mass is 440 g/mol. The van der Waals surface area contributed by atoms with Gasteiger partial charge < -0.3 is 15.0 Å². The number of benzene rings is 1. The van der Waals surface area contributed by atoms with E-state index in [-0.39, 0.29) is 23.4 Å².